The molecule has 23 heavy (non-hydrogen) atoms. The Morgan fingerprint density at radius 1 is 1.30 bits per heavy atom. The molecule has 1 aromatic heterocycles. The van der Waals surface area contributed by atoms with E-state index in [9.17, 15) is 4.79 Å². The van der Waals surface area contributed by atoms with Crippen LogP contribution >= 0.6 is 0 Å². The van der Waals surface area contributed by atoms with Gasteiger partial charge in [0.25, 0.3) is 0 Å². The van der Waals surface area contributed by atoms with Gasteiger partial charge in [0.1, 0.15) is 0 Å². The van der Waals surface area contributed by atoms with Crippen LogP contribution in [0.3, 0.4) is 0 Å². The van der Waals surface area contributed by atoms with Gasteiger partial charge >= 0.3 is 0 Å². The summed E-state index contributed by atoms with van der Waals surface area (Å²) in [5.74, 6) is 0.571. The molecule has 6 heteroatoms. The predicted molar refractivity (Wildman–Crippen MR) is 87.1 cm³/mol. The quantitative estimate of drug-likeness (QED) is 0.894. The van der Waals surface area contributed by atoms with E-state index in [1.165, 1.54) is 0 Å². The molecule has 0 unspecified atom stereocenters. The van der Waals surface area contributed by atoms with E-state index in [2.05, 4.69) is 22.1 Å². The molecule has 2 atom stereocenters. The molecular weight excluding hydrogens is 292 g/mol. The van der Waals surface area contributed by atoms with Gasteiger partial charge in [-0.2, -0.15) is 5.10 Å². The zero-order valence-corrected chi connectivity index (χ0v) is 13.4. The summed E-state index contributed by atoms with van der Waals surface area (Å²) < 4.78 is 5.73. The zero-order valence-electron chi connectivity index (χ0n) is 13.4. The third kappa shape index (κ3) is 2.84. The van der Waals surface area contributed by atoms with Crippen molar-refractivity contribution in [2.45, 2.75) is 12.5 Å². The molecule has 6 nitrogen and oxygen atoms in total. The number of nitrogens with one attached hydrogen (secondary N) is 1. The van der Waals surface area contributed by atoms with Crippen molar-refractivity contribution in [1.82, 2.24) is 20.0 Å². The Morgan fingerprint density at radius 3 is 3.09 bits per heavy atom. The fourth-order valence-corrected chi connectivity index (χ4v) is 3.67. The van der Waals surface area contributed by atoms with Crippen molar-refractivity contribution < 1.29 is 9.53 Å². The van der Waals surface area contributed by atoms with Gasteiger partial charge in [0.2, 0.25) is 5.91 Å². The highest BCUT2D eigenvalue weighted by Gasteiger charge is 2.33. The van der Waals surface area contributed by atoms with Crippen LogP contribution in [0.5, 0.6) is 0 Å². The molecule has 122 valence electrons. The van der Waals surface area contributed by atoms with E-state index in [4.69, 9.17) is 4.74 Å². The number of aromatic amines is 1. The summed E-state index contributed by atoms with van der Waals surface area (Å²) in [6.07, 6.45) is 0.379. The normalized spacial score (nSPS) is 25.5. The second kappa shape index (κ2) is 5.94. The first-order chi connectivity index (χ1) is 11.2. The molecule has 2 aliphatic rings. The smallest absolute Gasteiger partial charge is 0.228 e. The van der Waals surface area contributed by atoms with E-state index in [-0.39, 0.29) is 5.91 Å². The largest absolute Gasteiger partial charge is 0.379 e. The van der Waals surface area contributed by atoms with Crippen LogP contribution in [-0.4, -0.2) is 71.8 Å². The summed E-state index contributed by atoms with van der Waals surface area (Å²) in [4.78, 5) is 17.2. The fraction of sp³-hybridized carbons (Fsp3) is 0.529. The van der Waals surface area contributed by atoms with Crippen molar-refractivity contribution in [2.24, 2.45) is 5.92 Å². The lowest BCUT2D eigenvalue weighted by molar-refractivity contribution is -0.132. The van der Waals surface area contributed by atoms with Crippen LogP contribution in [0.2, 0.25) is 0 Å². The first-order valence-electron chi connectivity index (χ1n) is 8.18. The van der Waals surface area contributed by atoms with Crippen LogP contribution in [0.1, 0.15) is 5.69 Å². The topological polar surface area (TPSA) is 61.5 Å². The van der Waals surface area contributed by atoms with Crippen LogP contribution in [0.15, 0.2) is 24.3 Å². The lowest BCUT2D eigenvalue weighted by Crippen LogP contribution is -2.45. The number of nitrogens with zero attached hydrogens (tertiary/aromatic N) is 3. The first-order valence-corrected chi connectivity index (χ1v) is 8.18. The molecule has 0 saturated carbocycles. The molecule has 1 N–H and O–H groups in total. The molecule has 3 heterocycles. The van der Waals surface area contributed by atoms with Crippen molar-refractivity contribution >= 4 is 16.8 Å². The summed E-state index contributed by atoms with van der Waals surface area (Å²) in [6.45, 7) is 3.99. The van der Waals surface area contributed by atoms with Gasteiger partial charge in [0.15, 0.2) is 0 Å². The van der Waals surface area contributed by atoms with Crippen LogP contribution in [0, 0.1) is 5.92 Å². The number of hydrogen-bond acceptors (Lipinski definition) is 4. The molecule has 2 fully saturated rings. The van der Waals surface area contributed by atoms with Gasteiger partial charge in [-0.05, 0) is 13.1 Å². The number of para-hydroxylation sites is 1. The van der Waals surface area contributed by atoms with Crippen LogP contribution < -0.4 is 0 Å². The minimum Gasteiger partial charge on any atom is -0.379 e. The van der Waals surface area contributed by atoms with Crippen molar-refractivity contribution in [3.05, 3.63) is 30.0 Å². The molecule has 1 amide bonds. The molecule has 1 aromatic carbocycles. The maximum atomic E-state index is 12.8. The highest BCUT2D eigenvalue weighted by molar-refractivity contribution is 5.87. The number of benzene rings is 1. The number of rotatable bonds is 2. The Balaban J connectivity index is 1.52. The predicted octanol–water partition coefficient (Wildman–Crippen LogP) is 0.894. The molecule has 0 radical (unpaired) electrons. The summed E-state index contributed by atoms with van der Waals surface area (Å²) in [5, 5.41) is 8.34. The van der Waals surface area contributed by atoms with Crippen molar-refractivity contribution in [3.8, 4) is 0 Å². The highest BCUT2D eigenvalue weighted by Crippen LogP contribution is 2.20. The molecule has 2 aliphatic heterocycles. The number of ether oxygens (including phenoxy) is 1. The molecule has 4 rings (SSSR count). The average molecular weight is 314 g/mol. The van der Waals surface area contributed by atoms with E-state index >= 15 is 0 Å². The Hall–Kier alpha value is -1.92. The third-order valence-electron chi connectivity index (χ3n) is 4.96. The number of aromatic nitrogens is 2. The van der Waals surface area contributed by atoms with Gasteiger partial charge < -0.3 is 9.64 Å². The number of hydrogen-bond donors (Lipinski definition) is 1. The van der Waals surface area contributed by atoms with Gasteiger partial charge in [-0.1, -0.05) is 18.2 Å². The van der Waals surface area contributed by atoms with Crippen molar-refractivity contribution in [2.75, 3.05) is 39.9 Å². The Labute approximate surface area is 135 Å². The number of carbonyl (C=O) groups is 1. The zero-order chi connectivity index (χ0) is 15.8. The number of H-pyrrole nitrogens is 1. The SMILES string of the molecule is CN1C[C@H]2COC[C@@H]1CN(C(=O)Cc1[nH]nc3ccccc13)C2. The Kier molecular flexibility index (Phi) is 3.79. The maximum absolute atomic E-state index is 12.8. The van der Waals surface area contributed by atoms with Gasteiger partial charge in [0.05, 0.1) is 36.9 Å². The second-order valence-electron chi connectivity index (χ2n) is 6.69. The first kappa shape index (κ1) is 14.7. The molecule has 2 bridgehead atoms. The molecular formula is C17H22N4O2. The molecule has 2 aromatic rings. The van der Waals surface area contributed by atoms with Crippen molar-refractivity contribution in [3.63, 3.8) is 0 Å². The number of fused-ring (bicyclic) bond motifs is 4. The van der Waals surface area contributed by atoms with E-state index < -0.39 is 0 Å². The average Bonchev–Trinajstić information content (AvgIpc) is 2.74. The Bertz CT molecular complexity index is 713. The van der Waals surface area contributed by atoms with E-state index in [0.29, 0.717) is 25.0 Å². The Morgan fingerprint density at radius 2 is 2.17 bits per heavy atom. The lowest BCUT2D eigenvalue weighted by Gasteiger charge is -2.29. The monoisotopic (exact) mass is 314 g/mol. The second-order valence-corrected chi connectivity index (χ2v) is 6.69. The summed E-state index contributed by atoms with van der Waals surface area (Å²) in [6, 6.07) is 8.21. The number of carbonyl (C=O) groups excluding carboxylic acids is 1. The lowest BCUT2D eigenvalue weighted by atomic mass is 10.1. The number of likely N-dealkylation sites (N-methyl/N-ethyl adjacent to an activating group) is 1. The van der Waals surface area contributed by atoms with Gasteiger partial charge in [0, 0.05) is 30.9 Å². The fourth-order valence-electron chi connectivity index (χ4n) is 3.67. The van der Waals surface area contributed by atoms with Crippen LogP contribution in [0.4, 0.5) is 0 Å². The molecule has 2 saturated heterocycles. The van der Waals surface area contributed by atoms with Gasteiger partial charge in [-0.15, -0.1) is 0 Å². The molecule has 0 spiro atoms. The van der Waals surface area contributed by atoms with Crippen LogP contribution in [0.25, 0.3) is 10.9 Å². The van der Waals surface area contributed by atoms with Crippen molar-refractivity contribution in [1.29, 1.82) is 0 Å². The highest BCUT2D eigenvalue weighted by atomic mass is 16.5. The molecule has 0 aliphatic carbocycles. The maximum Gasteiger partial charge on any atom is 0.228 e. The minimum atomic E-state index is 0.173. The third-order valence-corrected chi connectivity index (χ3v) is 4.96. The van der Waals surface area contributed by atoms with Gasteiger partial charge in [-0.3, -0.25) is 14.8 Å². The number of amides is 1. The minimum absolute atomic E-state index is 0.173. The van der Waals surface area contributed by atoms with E-state index in [0.717, 1.165) is 42.8 Å². The summed E-state index contributed by atoms with van der Waals surface area (Å²) in [5.41, 5.74) is 1.82. The van der Waals surface area contributed by atoms with Crippen LogP contribution in [-0.2, 0) is 16.0 Å². The summed E-state index contributed by atoms with van der Waals surface area (Å²) in [7, 11) is 2.13. The van der Waals surface area contributed by atoms with E-state index in [1.807, 2.05) is 29.2 Å². The van der Waals surface area contributed by atoms with Gasteiger partial charge in [-0.25, -0.2) is 0 Å². The summed E-state index contributed by atoms with van der Waals surface area (Å²) >= 11 is 0. The van der Waals surface area contributed by atoms with E-state index in [1.54, 1.807) is 0 Å². The standard InChI is InChI=1S/C17H22N4O2/c1-20-7-12-8-21(9-13(20)11-23-10-12)17(22)6-16-14-4-2-3-5-15(14)18-19-16/h2-5,12-13H,6-11H2,1H3,(H,18,19)/t12-,13+/m1/s1.